The Hall–Kier alpha value is -0.990. The van der Waals surface area contributed by atoms with Gasteiger partial charge in [0, 0.05) is 16.6 Å². The Morgan fingerprint density at radius 2 is 2.27 bits per heavy atom. The van der Waals surface area contributed by atoms with Crippen molar-refractivity contribution in [3.63, 3.8) is 0 Å². The second-order valence-corrected chi connectivity index (χ2v) is 3.79. The lowest BCUT2D eigenvalue weighted by atomic mass is 10.1. The summed E-state index contributed by atoms with van der Waals surface area (Å²) in [6.07, 6.45) is 3.89. The summed E-state index contributed by atoms with van der Waals surface area (Å²) >= 11 is 5.90. The molecule has 2 N–H and O–H groups in total. The van der Waals surface area contributed by atoms with E-state index < -0.39 is 0 Å². The van der Waals surface area contributed by atoms with Crippen LogP contribution in [0.25, 0.3) is 0 Å². The largest absolute Gasteiger partial charge is 0.489 e. The van der Waals surface area contributed by atoms with Gasteiger partial charge in [0.1, 0.15) is 12.4 Å². The molecule has 1 aromatic rings. The lowest BCUT2D eigenvalue weighted by molar-refractivity contribution is 0.356. The molecule has 1 atom stereocenters. The van der Waals surface area contributed by atoms with Gasteiger partial charge < -0.3 is 10.5 Å². The Bertz CT molecular complexity index is 347. The number of rotatable bonds is 4. The smallest absolute Gasteiger partial charge is 0.124 e. The fourth-order valence-corrected chi connectivity index (χ4v) is 1.42. The van der Waals surface area contributed by atoms with Crippen molar-refractivity contribution >= 4 is 11.6 Å². The fourth-order valence-electron chi connectivity index (χ4n) is 1.24. The minimum absolute atomic E-state index is 0.0793. The second-order valence-electron chi connectivity index (χ2n) is 3.35. The first-order valence-electron chi connectivity index (χ1n) is 4.94. The van der Waals surface area contributed by atoms with Gasteiger partial charge in [-0.2, -0.15) is 0 Å². The first kappa shape index (κ1) is 12.1. The predicted molar refractivity (Wildman–Crippen MR) is 64.4 cm³/mol. The van der Waals surface area contributed by atoms with E-state index in [1.165, 1.54) is 0 Å². The topological polar surface area (TPSA) is 35.2 Å². The highest BCUT2D eigenvalue weighted by molar-refractivity contribution is 6.30. The molecular weight excluding hydrogens is 210 g/mol. The first-order valence-corrected chi connectivity index (χ1v) is 5.32. The summed E-state index contributed by atoms with van der Waals surface area (Å²) in [5, 5.41) is 0.681. The number of allylic oxidation sites excluding steroid dienone is 1. The highest BCUT2D eigenvalue weighted by Crippen LogP contribution is 2.27. The summed E-state index contributed by atoms with van der Waals surface area (Å²) < 4.78 is 5.57. The van der Waals surface area contributed by atoms with Crippen LogP contribution in [0.3, 0.4) is 0 Å². The van der Waals surface area contributed by atoms with E-state index in [0.717, 1.165) is 11.3 Å². The van der Waals surface area contributed by atoms with Crippen molar-refractivity contribution in [3.05, 3.63) is 40.9 Å². The maximum absolute atomic E-state index is 5.90. The van der Waals surface area contributed by atoms with Crippen molar-refractivity contribution in [2.45, 2.75) is 19.9 Å². The van der Waals surface area contributed by atoms with E-state index in [1.807, 2.05) is 38.1 Å². The highest BCUT2D eigenvalue weighted by atomic mass is 35.5. The number of hydrogen-bond donors (Lipinski definition) is 1. The summed E-state index contributed by atoms with van der Waals surface area (Å²) in [5.74, 6) is 0.799. The van der Waals surface area contributed by atoms with Gasteiger partial charge in [-0.3, -0.25) is 0 Å². The fraction of sp³-hybridized carbons (Fsp3) is 0.333. The molecule has 0 unspecified atom stereocenters. The Morgan fingerprint density at radius 1 is 1.53 bits per heavy atom. The Morgan fingerprint density at radius 3 is 2.87 bits per heavy atom. The molecule has 0 heterocycles. The third-order valence-electron chi connectivity index (χ3n) is 2.03. The Balaban J connectivity index is 2.85. The Labute approximate surface area is 95.7 Å². The van der Waals surface area contributed by atoms with Crippen LogP contribution < -0.4 is 10.5 Å². The van der Waals surface area contributed by atoms with Crippen molar-refractivity contribution in [2.24, 2.45) is 5.73 Å². The number of halogens is 1. The van der Waals surface area contributed by atoms with E-state index in [2.05, 4.69) is 0 Å². The molecule has 0 amide bonds. The van der Waals surface area contributed by atoms with Crippen LogP contribution in [0.15, 0.2) is 30.4 Å². The first-order chi connectivity index (χ1) is 7.15. The van der Waals surface area contributed by atoms with Crippen molar-refractivity contribution in [1.29, 1.82) is 0 Å². The minimum atomic E-state index is -0.0793. The molecule has 82 valence electrons. The van der Waals surface area contributed by atoms with Crippen LogP contribution >= 0.6 is 11.6 Å². The van der Waals surface area contributed by atoms with Gasteiger partial charge in [0.25, 0.3) is 0 Å². The van der Waals surface area contributed by atoms with Gasteiger partial charge in [0.05, 0.1) is 0 Å². The molecule has 2 nitrogen and oxygen atoms in total. The summed E-state index contributed by atoms with van der Waals surface area (Å²) in [4.78, 5) is 0. The monoisotopic (exact) mass is 225 g/mol. The normalized spacial score (nSPS) is 13.1. The number of ether oxygens (including phenoxy) is 1. The Kier molecular flexibility index (Phi) is 4.66. The molecular formula is C12H16ClNO. The van der Waals surface area contributed by atoms with E-state index in [-0.39, 0.29) is 6.04 Å². The number of hydrogen-bond acceptors (Lipinski definition) is 2. The molecule has 0 aliphatic rings. The predicted octanol–water partition coefficient (Wildman–Crippen LogP) is 3.31. The quantitative estimate of drug-likeness (QED) is 0.798. The minimum Gasteiger partial charge on any atom is -0.489 e. The van der Waals surface area contributed by atoms with Crippen LogP contribution in [0.1, 0.15) is 25.5 Å². The number of benzene rings is 1. The molecule has 0 fully saturated rings. The molecule has 1 rings (SSSR count). The molecule has 0 bridgehead atoms. The number of nitrogens with two attached hydrogens (primary N) is 1. The highest BCUT2D eigenvalue weighted by Gasteiger charge is 2.08. The molecule has 0 aromatic heterocycles. The van der Waals surface area contributed by atoms with Gasteiger partial charge in [-0.15, -0.1) is 0 Å². The van der Waals surface area contributed by atoms with Crippen molar-refractivity contribution < 1.29 is 4.74 Å². The van der Waals surface area contributed by atoms with E-state index in [9.17, 15) is 0 Å². The van der Waals surface area contributed by atoms with Crippen LogP contribution in [0.4, 0.5) is 0 Å². The lowest BCUT2D eigenvalue weighted by Gasteiger charge is -2.13. The zero-order valence-corrected chi connectivity index (χ0v) is 9.79. The van der Waals surface area contributed by atoms with Crippen molar-refractivity contribution in [3.8, 4) is 5.75 Å². The molecule has 1 aromatic carbocycles. The van der Waals surface area contributed by atoms with Gasteiger partial charge >= 0.3 is 0 Å². The van der Waals surface area contributed by atoms with Crippen LogP contribution in [-0.2, 0) is 0 Å². The molecule has 0 spiro atoms. The molecule has 0 saturated heterocycles. The molecule has 15 heavy (non-hydrogen) atoms. The zero-order chi connectivity index (χ0) is 11.3. The summed E-state index contributed by atoms with van der Waals surface area (Å²) in [5.41, 5.74) is 6.77. The molecule has 3 heteroatoms. The lowest BCUT2D eigenvalue weighted by Crippen LogP contribution is -2.08. The average Bonchev–Trinajstić information content (AvgIpc) is 2.20. The van der Waals surface area contributed by atoms with Crippen LogP contribution in [0, 0.1) is 0 Å². The SMILES string of the molecule is CC=CCOc1ccc(Cl)cc1[C@H](C)N. The maximum Gasteiger partial charge on any atom is 0.124 e. The van der Waals surface area contributed by atoms with Crippen molar-refractivity contribution in [2.75, 3.05) is 6.61 Å². The summed E-state index contributed by atoms with van der Waals surface area (Å²) in [6, 6.07) is 5.42. The van der Waals surface area contributed by atoms with E-state index in [0.29, 0.717) is 11.6 Å². The van der Waals surface area contributed by atoms with E-state index in [4.69, 9.17) is 22.1 Å². The third-order valence-corrected chi connectivity index (χ3v) is 2.27. The maximum atomic E-state index is 5.90. The van der Waals surface area contributed by atoms with Crippen LogP contribution in [0.5, 0.6) is 5.75 Å². The van der Waals surface area contributed by atoms with Crippen LogP contribution in [-0.4, -0.2) is 6.61 Å². The molecule has 0 radical (unpaired) electrons. The van der Waals surface area contributed by atoms with E-state index in [1.54, 1.807) is 6.07 Å². The molecule has 0 aliphatic heterocycles. The van der Waals surface area contributed by atoms with Gasteiger partial charge in [0.2, 0.25) is 0 Å². The summed E-state index contributed by atoms with van der Waals surface area (Å²) in [7, 11) is 0. The molecule has 0 aliphatic carbocycles. The summed E-state index contributed by atoms with van der Waals surface area (Å²) in [6.45, 7) is 4.42. The second kappa shape index (κ2) is 5.79. The van der Waals surface area contributed by atoms with Gasteiger partial charge in [-0.05, 0) is 32.0 Å². The van der Waals surface area contributed by atoms with Gasteiger partial charge in [-0.25, -0.2) is 0 Å². The van der Waals surface area contributed by atoms with Crippen molar-refractivity contribution in [1.82, 2.24) is 0 Å². The molecule has 0 saturated carbocycles. The zero-order valence-electron chi connectivity index (χ0n) is 9.03. The van der Waals surface area contributed by atoms with E-state index >= 15 is 0 Å². The average molecular weight is 226 g/mol. The standard InChI is InChI=1S/C12H16ClNO/c1-3-4-7-15-12-6-5-10(13)8-11(12)9(2)14/h3-6,8-9H,7,14H2,1-2H3/t9-/m0/s1. The van der Waals surface area contributed by atoms with Gasteiger partial charge in [-0.1, -0.05) is 23.8 Å². The van der Waals surface area contributed by atoms with Gasteiger partial charge in [0.15, 0.2) is 0 Å². The van der Waals surface area contributed by atoms with Crippen LogP contribution in [0.2, 0.25) is 5.02 Å². The third kappa shape index (κ3) is 3.57.